The minimum atomic E-state index is -4.18. The van der Waals surface area contributed by atoms with E-state index < -0.39 is 42.9 Å². The molecular weight excluding hydrogens is 622 g/mol. The molecule has 0 aliphatic carbocycles. The molecule has 2 aromatic rings. The van der Waals surface area contributed by atoms with Gasteiger partial charge in [0.25, 0.3) is 0 Å². The summed E-state index contributed by atoms with van der Waals surface area (Å²) in [5.41, 5.74) is -0.127. The maximum atomic E-state index is 15.6. The first kappa shape index (κ1) is 38.1. The molecule has 0 aliphatic rings. The Balaban J connectivity index is 2.47. The van der Waals surface area contributed by atoms with Crippen molar-refractivity contribution in [2.24, 2.45) is 0 Å². The summed E-state index contributed by atoms with van der Waals surface area (Å²) in [6, 6.07) is 9.04. The first-order valence-corrected chi connectivity index (χ1v) is 23.0. The number of benzene rings is 2. The van der Waals surface area contributed by atoms with E-state index in [2.05, 4.69) is 67.7 Å². The average molecular weight is 675 g/mol. The van der Waals surface area contributed by atoms with Crippen LogP contribution < -0.4 is 0 Å². The molecule has 0 aromatic heterocycles. The van der Waals surface area contributed by atoms with Gasteiger partial charge in [0.2, 0.25) is 0 Å². The van der Waals surface area contributed by atoms with Crippen LogP contribution in [0.25, 0.3) is 0 Å². The van der Waals surface area contributed by atoms with Crippen molar-refractivity contribution < 1.29 is 26.1 Å². The van der Waals surface area contributed by atoms with Crippen molar-refractivity contribution in [2.75, 3.05) is 13.2 Å². The molecule has 0 saturated carbocycles. The summed E-state index contributed by atoms with van der Waals surface area (Å²) in [5.74, 6) is -1.40. The molecule has 2 aromatic carbocycles. The van der Waals surface area contributed by atoms with Gasteiger partial charge in [-0.3, -0.25) is 0 Å². The largest absolute Gasteiger partial charge is 0.417 e. The molecule has 0 amide bonds. The fourth-order valence-corrected chi connectivity index (χ4v) is 9.13. The molecule has 2 rings (SSSR count). The second-order valence-electron chi connectivity index (χ2n) is 14.7. The van der Waals surface area contributed by atoms with Gasteiger partial charge in [0.05, 0.1) is 4.90 Å². The molecule has 0 aliphatic heterocycles. The van der Waals surface area contributed by atoms with Gasteiger partial charge in [-0.25, -0.2) is 17.2 Å². The second-order valence-corrected chi connectivity index (χ2v) is 27.0. The average Bonchev–Trinajstić information content (AvgIpc) is 2.87. The zero-order chi connectivity index (χ0) is 32.9. The predicted octanol–water partition coefficient (Wildman–Crippen LogP) is 10.7. The lowest BCUT2D eigenvalue weighted by Crippen LogP contribution is -2.41. The second kappa shape index (κ2) is 14.5. The van der Waals surface area contributed by atoms with Crippen LogP contribution in [0.4, 0.5) is 8.78 Å². The van der Waals surface area contributed by atoms with Gasteiger partial charge in [-0.05, 0) is 117 Å². The zero-order valence-corrected chi connectivity index (χ0v) is 31.4. The van der Waals surface area contributed by atoms with E-state index in [0.29, 0.717) is 43.9 Å². The topological polar surface area (TPSA) is 52.6 Å². The quantitative estimate of drug-likeness (QED) is 0.139. The summed E-state index contributed by atoms with van der Waals surface area (Å²) >= 11 is 6.09. The summed E-state index contributed by atoms with van der Waals surface area (Å²) in [4.78, 5) is 0.0376. The molecule has 0 N–H and O–H groups in total. The molecule has 0 atom stereocenters. The number of sulfone groups is 1. The van der Waals surface area contributed by atoms with Gasteiger partial charge < -0.3 is 8.85 Å². The Hall–Kier alpha value is -1.11. The number of rotatable bonds is 15. The molecule has 0 unspecified atom stereocenters. The molecule has 244 valence electrons. The Bertz CT molecular complexity index is 1270. The molecular formula is C33H53ClF2O4SSi2. The molecule has 43 heavy (non-hydrogen) atoms. The van der Waals surface area contributed by atoms with Crippen LogP contribution in [0.5, 0.6) is 0 Å². The number of halogens is 3. The van der Waals surface area contributed by atoms with E-state index in [1.165, 1.54) is 24.3 Å². The molecule has 0 saturated heterocycles. The third-order valence-electron chi connectivity index (χ3n) is 9.55. The van der Waals surface area contributed by atoms with E-state index in [1.54, 1.807) is 0 Å². The SMILES string of the molecule is CC(C)(C)[Si](C)(C)OCCCCC(CCCCO[Si](C)(C)C(C)(C)C)(c1cc(F)ccc1F)S(=O)(=O)c1ccc(Cl)cc1. The Morgan fingerprint density at radius 2 is 1.16 bits per heavy atom. The van der Waals surface area contributed by atoms with Gasteiger partial charge in [0.15, 0.2) is 26.5 Å². The van der Waals surface area contributed by atoms with Crippen molar-refractivity contribution >= 4 is 38.1 Å². The first-order valence-electron chi connectivity index (χ1n) is 15.3. The fraction of sp³-hybridized carbons (Fsp3) is 0.636. The van der Waals surface area contributed by atoms with Crippen LogP contribution in [-0.4, -0.2) is 38.3 Å². The maximum absolute atomic E-state index is 15.6. The summed E-state index contributed by atoms with van der Waals surface area (Å²) in [6.07, 6.45) is 2.41. The van der Waals surface area contributed by atoms with E-state index in [4.69, 9.17) is 20.5 Å². The summed E-state index contributed by atoms with van der Waals surface area (Å²) in [7, 11) is -8.15. The minimum absolute atomic E-state index is 0.0376. The molecule has 4 nitrogen and oxygen atoms in total. The fourth-order valence-electron chi connectivity index (χ4n) is 4.61. The molecule has 0 spiro atoms. The normalized spacial score (nSPS) is 13.9. The van der Waals surface area contributed by atoms with Gasteiger partial charge in [-0.15, -0.1) is 0 Å². The Labute approximate surface area is 267 Å². The molecule has 10 heteroatoms. The van der Waals surface area contributed by atoms with Crippen molar-refractivity contribution in [2.45, 2.75) is 126 Å². The first-order chi connectivity index (χ1) is 19.6. The van der Waals surface area contributed by atoms with Crippen molar-refractivity contribution in [1.29, 1.82) is 0 Å². The van der Waals surface area contributed by atoms with Gasteiger partial charge in [0, 0.05) is 23.8 Å². The third-order valence-corrected chi connectivity index (χ3v) is 21.4. The monoisotopic (exact) mass is 674 g/mol. The Kier molecular flexibility index (Phi) is 12.9. The lowest BCUT2D eigenvalue weighted by Gasteiger charge is -2.37. The highest BCUT2D eigenvalue weighted by Crippen LogP contribution is 2.46. The number of hydrogen-bond acceptors (Lipinski definition) is 4. The maximum Gasteiger partial charge on any atom is 0.191 e. The van der Waals surface area contributed by atoms with Gasteiger partial charge in [-0.1, -0.05) is 53.1 Å². The third kappa shape index (κ3) is 9.45. The summed E-state index contributed by atoms with van der Waals surface area (Å²) in [6.45, 7) is 22.7. The highest BCUT2D eigenvalue weighted by atomic mass is 35.5. The van der Waals surface area contributed by atoms with E-state index in [-0.39, 0.29) is 33.4 Å². The van der Waals surface area contributed by atoms with Gasteiger partial charge in [-0.2, -0.15) is 0 Å². The van der Waals surface area contributed by atoms with Crippen LogP contribution in [0.1, 0.15) is 85.6 Å². The van der Waals surface area contributed by atoms with Crippen LogP contribution in [0.3, 0.4) is 0 Å². The summed E-state index contributed by atoms with van der Waals surface area (Å²) in [5, 5.41) is 0.490. The van der Waals surface area contributed by atoms with Crippen LogP contribution in [-0.2, 0) is 23.4 Å². The number of hydrogen-bond donors (Lipinski definition) is 0. The molecule has 0 radical (unpaired) electrons. The van der Waals surface area contributed by atoms with Crippen molar-refractivity contribution in [3.05, 3.63) is 64.7 Å². The van der Waals surface area contributed by atoms with E-state index in [9.17, 15) is 12.8 Å². The summed E-state index contributed by atoms with van der Waals surface area (Å²) < 4.78 is 70.4. The highest BCUT2D eigenvalue weighted by molar-refractivity contribution is 7.92. The molecule has 0 heterocycles. The molecule has 0 bridgehead atoms. The smallest absolute Gasteiger partial charge is 0.191 e. The van der Waals surface area contributed by atoms with E-state index in [1.807, 2.05) is 0 Å². The van der Waals surface area contributed by atoms with Gasteiger partial charge in [0.1, 0.15) is 16.4 Å². The zero-order valence-electron chi connectivity index (χ0n) is 27.9. The molecule has 0 fully saturated rings. The van der Waals surface area contributed by atoms with E-state index >= 15 is 4.39 Å². The highest BCUT2D eigenvalue weighted by Gasteiger charge is 2.47. The lowest BCUT2D eigenvalue weighted by molar-refractivity contribution is 0.266. The standard InChI is InChI=1S/C33H53ClF2O4SSi2/c1-31(2,3)42(7,8)39-23-13-11-21-33(29-25-27(35)17-20-30(29)36,41(37,38)28-18-15-26(34)16-19-28)22-12-14-24-40-43(9,10)32(4,5)6/h15-20,25H,11-14,21-24H2,1-10H3. The van der Waals surface area contributed by atoms with Crippen molar-refractivity contribution in [1.82, 2.24) is 0 Å². The van der Waals surface area contributed by atoms with Gasteiger partial charge >= 0.3 is 0 Å². The van der Waals surface area contributed by atoms with Crippen LogP contribution in [0.15, 0.2) is 47.4 Å². The Morgan fingerprint density at radius 3 is 1.58 bits per heavy atom. The Morgan fingerprint density at radius 1 is 0.721 bits per heavy atom. The minimum Gasteiger partial charge on any atom is -0.417 e. The number of unbranched alkanes of at least 4 members (excludes halogenated alkanes) is 2. The predicted molar refractivity (Wildman–Crippen MR) is 181 cm³/mol. The van der Waals surface area contributed by atoms with Crippen molar-refractivity contribution in [3.8, 4) is 0 Å². The van der Waals surface area contributed by atoms with Crippen LogP contribution in [0.2, 0.25) is 41.3 Å². The van der Waals surface area contributed by atoms with E-state index in [0.717, 1.165) is 18.2 Å². The van der Waals surface area contributed by atoms with Crippen LogP contribution >= 0.6 is 11.6 Å². The van der Waals surface area contributed by atoms with Crippen LogP contribution in [0, 0.1) is 11.6 Å². The van der Waals surface area contributed by atoms with Crippen molar-refractivity contribution in [3.63, 3.8) is 0 Å². The lowest BCUT2D eigenvalue weighted by atomic mass is 9.87.